The zero-order valence-electron chi connectivity index (χ0n) is 18.2. The van der Waals surface area contributed by atoms with Crippen molar-refractivity contribution in [1.82, 2.24) is 30.0 Å². The Morgan fingerprint density at radius 1 is 1.09 bits per heavy atom. The normalized spacial score (nSPS) is 14.5. The zero-order chi connectivity index (χ0) is 22.3. The Morgan fingerprint density at radius 2 is 1.88 bits per heavy atom. The van der Waals surface area contributed by atoms with Crippen LogP contribution in [-0.4, -0.2) is 69.2 Å². The summed E-state index contributed by atoms with van der Waals surface area (Å²) in [4.78, 5) is 18.2. The van der Waals surface area contributed by atoms with E-state index in [1.54, 1.807) is 10.9 Å². The average Bonchev–Trinajstić information content (AvgIpc) is 3.29. The molecule has 1 amide bonds. The van der Waals surface area contributed by atoms with Gasteiger partial charge in [-0.25, -0.2) is 4.39 Å². The molecule has 0 unspecified atom stereocenters. The maximum Gasteiger partial charge on any atom is 0.222 e. The summed E-state index contributed by atoms with van der Waals surface area (Å²) >= 11 is 0. The molecule has 1 aromatic heterocycles. The highest BCUT2D eigenvalue weighted by molar-refractivity contribution is 5.76. The van der Waals surface area contributed by atoms with Crippen molar-refractivity contribution in [3.8, 4) is 17.1 Å². The predicted octanol–water partition coefficient (Wildman–Crippen LogP) is 2.61. The molecule has 9 heteroatoms. The molecule has 0 bridgehead atoms. The van der Waals surface area contributed by atoms with Gasteiger partial charge in [-0.3, -0.25) is 9.69 Å². The molecule has 1 aliphatic rings. The number of halogens is 1. The monoisotopic (exact) mass is 438 g/mol. The van der Waals surface area contributed by atoms with Crippen LogP contribution in [0.4, 0.5) is 4.39 Å². The fourth-order valence-electron chi connectivity index (χ4n) is 3.79. The molecule has 32 heavy (non-hydrogen) atoms. The second kappa shape index (κ2) is 10.3. The second-order valence-electron chi connectivity index (χ2n) is 7.80. The van der Waals surface area contributed by atoms with E-state index in [0.717, 1.165) is 24.2 Å². The average molecular weight is 439 g/mol. The summed E-state index contributed by atoms with van der Waals surface area (Å²) in [6.07, 6.45) is 1.11. The van der Waals surface area contributed by atoms with Crippen LogP contribution in [0.1, 0.15) is 18.4 Å². The molecule has 1 fully saturated rings. The van der Waals surface area contributed by atoms with Crippen LogP contribution in [0, 0.1) is 5.82 Å². The highest BCUT2D eigenvalue weighted by Gasteiger charge is 2.21. The van der Waals surface area contributed by atoms with Gasteiger partial charge < -0.3 is 9.64 Å². The lowest BCUT2D eigenvalue weighted by molar-refractivity contribution is -0.133. The van der Waals surface area contributed by atoms with E-state index in [9.17, 15) is 9.18 Å². The van der Waals surface area contributed by atoms with Crippen LogP contribution in [0.5, 0.6) is 5.75 Å². The molecule has 8 nitrogen and oxygen atoms in total. The fourth-order valence-corrected chi connectivity index (χ4v) is 3.79. The smallest absolute Gasteiger partial charge is 0.222 e. The van der Waals surface area contributed by atoms with Gasteiger partial charge in [-0.05, 0) is 29.3 Å². The molecule has 0 atom stereocenters. The number of rotatable bonds is 8. The Bertz CT molecular complexity index is 1030. The van der Waals surface area contributed by atoms with E-state index in [2.05, 4.69) is 20.3 Å². The van der Waals surface area contributed by atoms with Crippen molar-refractivity contribution in [2.45, 2.75) is 25.9 Å². The number of aromatic nitrogens is 4. The number of hydrogen-bond donors (Lipinski definition) is 0. The molecule has 0 saturated carbocycles. The standard InChI is InChI=1S/C23H27FN6O2/c1-32-21-10-9-18(16-20(21)24)17-28-12-14-29(15-13-28)22(31)8-5-11-30-26-23(25-27-30)19-6-3-2-4-7-19/h2-4,6-7,9-10,16H,5,8,11-15,17H2,1H3. The molecule has 0 radical (unpaired) electrons. The summed E-state index contributed by atoms with van der Waals surface area (Å²) in [5.41, 5.74) is 1.82. The van der Waals surface area contributed by atoms with Gasteiger partial charge in [0, 0.05) is 44.7 Å². The summed E-state index contributed by atoms with van der Waals surface area (Å²) < 4.78 is 18.9. The SMILES string of the molecule is COc1ccc(CN2CCN(C(=O)CCCn3nnc(-c4ccccc4)n3)CC2)cc1F. The van der Waals surface area contributed by atoms with E-state index in [-0.39, 0.29) is 17.5 Å². The molecule has 2 aromatic carbocycles. The van der Waals surface area contributed by atoms with Gasteiger partial charge in [-0.15, -0.1) is 10.2 Å². The van der Waals surface area contributed by atoms with Gasteiger partial charge in [0.15, 0.2) is 11.6 Å². The van der Waals surface area contributed by atoms with Crippen LogP contribution in [0.25, 0.3) is 11.4 Å². The van der Waals surface area contributed by atoms with Crippen LogP contribution >= 0.6 is 0 Å². The molecular formula is C23H27FN6O2. The van der Waals surface area contributed by atoms with Gasteiger partial charge in [0.1, 0.15) is 0 Å². The number of methoxy groups -OCH3 is 1. The summed E-state index contributed by atoms with van der Waals surface area (Å²) in [5.74, 6) is 0.631. The number of ether oxygens (including phenoxy) is 1. The van der Waals surface area contributed by atoms with Gasteiger partial charge in [-0.2, -0.15) is 4.80 Å². The van der Waals surface area contributed by atoms with E-state index >= 15 is 0 Å². The second-order valence-corrected chi connectivity index (χ2v) is 7.80. The Hall–Kier alpha value is -3.33. The topological polar surface area (TPSA) is 76.4 Å². The molecule has 4 rings (SSSR count). The van der Waals surface area contributed by atoms with Gasteiger partial charge in [0.25, 0.3) is 0 Å². The lowest BCUT2D eigenvalue weighted by Gasteiger charge is -2.34. The predicted molar refractivity (Wildman–Crippen MR) is 117 cm³/mol. The Kier molecular flexibility index (Phi) is 7.06. The summed E-state index contributed by atoms with van der Waals surface area (Å²) in [7, 11) is 1.46. The number of carbonyl (C=O) groups excluding carboxylic acids is 1. The first-order valence-corrected chi connectivity index (χ1v) is 10.8. The third-order valence-electron chi connectivity index (χ3n) is 5.58. The Balaban J connectivity index is 1.19. The van der Waals surface area contributed by atoms with E-state index in [4.69, 9.17) is 4.74 Å². The molecule has 0 aliphatic carbocycles. The molecule has 1 aliphatic heterocycles. The Morgan fingerprint density at radius 3 is 2.59 bits per heavy atom. The molecular weight excluding hydrogens is 411 g/mol. The first kappa shape index (κ1) is 21.9. The first-order chi connectivity index (χ1) is 15.6. The number of benzene rings is 2. The van der Waals surface area contributed by atoms with Crippen LogP contribution in [0.3, 0.4) is 0 Å². The fraction of sp³-hybridized carbons (Fsp3) is 0.391. The molecule has 168 valence electrons. The molecule has 2 heterocycles. The molecule has 1 saturated heterocycles. The van der Waals surface area contributed by atoms with Crippen molar-refractivity contribution in [2.75, 3.05) is 33.3 Å². The lowest BCUT2D eigenvalue weighted by atomic mass is 10.1. The van der Waals surface area contributed by atoms with Crippen molar-refractivity contribution >= 4 is 5.91 Å². The minimum absolute atomic E-state index is 0.142. The van der Waals surface area contributed by atoms with E-state index in [0.29, 0.717) is 44.8 Å². The number of hydrogen-bond acceptors (Lipinski definition) is 6. The molecule has 3 aromatic rings. The third-order valence-corrected chi connectivity index (χ3v) is 5.58. The van der Waals surface area contributed by atoms with Crippen LogP contribution in [0.2, 0.25) is 0 Å². The maximum absolute atomic E-state index is 13.9. The minimum Gasteiger partial charge on any atom is -0.494 e. The zero-order valence-corrected chi connectivity index (χ0v) is 18.2. The van der Waals surface area contributed by atoms with Crippen LogP contribution in [0.15, 0.2) is 48.5 Å². The van der Waals surface area contributed by atoms with Gasteiger partial charge in [-0.1, -0.05) is 36.4 Å². The lowest BCUT2D eigenvalue weighted by Crippen LogP contribution is -2.48. The number of amides is 1. The van der Waals surface area contributed by atoms with Crippen molar-refractivity contribution < 1.29 is 13.9 Å². The number of aryl methyl sites for hydroxylation is 1. The highest BCUT2D eigenvalue weighted by atomic mass is 19.1. The van der Waals surface area contributed by atoms with E-state index in [1.807, 2.05) is 41.3 Å². The van der Waals surface area contributed by atoms with Crippen molar-refractivity contribution in [3.63, 3.8) is 0 Å². The maximum atomic E-state index is 13.9. The van der Waals surface area contributed by atoms with E-state index in [1.165, 1.54) is 13.2 Å². The van der Waals surface area contributed by atoms with E-state index < -0.39 is 0 Å². The number of carbonyl (C=O) groups is 1. The van der Waals surface area contributed by atoms with Crippen LogP contribution < -0.4 is 4.74 Å². The first-order valence-electron chi connectivity index (χ1n) is 10.8. The minimum atomic E-state index is -0.350. The van der Waals surface area contributed by atoms with Crippen LogP contribution in [-0.2, 0) is 17.9 Å². The molecule has 0 N–H and O–H groups in total. The van der Waals surface area contributed by atoms with Crippen molar-refractivity contribution in [1.29, 1.82) is 0 Å². The summed E-state index contributed by atoms with van der Waals surface area (Å²) in [5, 5.41) is 12.5. The van der Waals surface area contributed by atoms with Gasteiger partial charge in [0.2, 0.25) is 11.7 Å². The Labute approximate surface area is 186 Å². The largest absolute Gasteiger partial charge is 0.494 e. The number of nitrogens with zero attached hydrogens (tertiary/aromatic N) is 6. The van der Waals surface area contributed by atoms with Crippen molar-refractivity contribution in [3.05, 3.63) is 59.9 Å². The van der Waals surface area contributed by atoms with Gasteiger partial charge in [0.05, 0.1) is 13.7 Å². The third kappa shape index (κ3) is 5.47. The van der Waals surface area contributed by atoms with Crippen molar-refractivity contribution in [2.24, 2.45) is 0 Å². The molecule has 0 spiro atoms. The summed E-state index contributed by atoms with van der Waals surface area (Å²) in [6.45, 7) is 4.10. The highest BCUT2D eigenvalue weighted by Crippen LogP contribution is 2.19. The number of piperazine rings is 1. The number of tetrazole rings is 1. The van der Waals surface area contributed by atoms with Gasteiger partial charge >= 0.3 is 0 Å². The quantitative estimate of drug-likeness (QED) is 0.538. The summed E-state index contributed by atoms with van der Waals surface area (Å²) in [6, 6.07) is 14.7.